The van der Waals surface area contributed by atoms with Crippen molar-refractivity contribution in [1.82, 2.24) is 0 Å². The van der Waals surface area contributed by atoms with Crippen LogP contribution in [0.2, 0.25) is 0 Å². The summed E-state index contributed by atoms with van der Waals surface area (Å²) in [6, 6.07) is 6.00. The Labute approximate surface area is 92.6 Å². The molecule has 0 bridgehead atoms. The predicted molar refractivity (Wildman–Crippen MR) is 56.3 cm³/mol. The van der Waals surface area contributed by atoms with Crippen molar-refractivity contribution in [2.24, 2.45) is 0 Å². The van der Waals surface area contributed by atoms with Crippen LogP contribution in [0.15, 0.2) is 24.3 Å². The monoisotopic (exact) mass is 221 g/mol. The van der Waals surface area contributed by atoms with Crippen molar-refractivity contribution in [2.45, 2.75) is 6.04 Å². The number of fused-ring (bicyclic) bond motifs is 1. The first-order valence-electron chi connectivity index (χ1n) is 4.76. The molecule has 1 aliphatic rings. The fourth-order valence-electron chi connectivity index (χ4n) is 1.66. The van der Waals surface area contributed by atoms with E-state index < -0.39 is 18.0 Å². The average molecular weight is 221 g/mol. The fraction of sp³-hybridized carbons (Fsp3) is 0.273. The van der Waals surface area contributed by atoms with Crippen LogP contribution in [0.4, 0.5) is 5.69 Å². The second-order valence-electron chi connectivity index (χ2n) is 3.43. The average Bonchev–Trinajstić information content (AvgIpc) is 2.28. The van der Waals surface area contributed by atoms with Crippen LogP contribution in [0, 0.1) is 0 Å². The van der Waals surface area contributed by atoms with Crippen molar-refractivity contribution in [3.05, 3.63) is 24.3 Å². The van der Waals surface area contributed by atoms with Crippen LogP contribution < -0.4 is 9.64 Å². The van der Waals surface area contributed by atoms with Gasteiger partial charge in [0.2, 0.25) is 6.04 Å². The van der Waals surface area contributed by atoms with E-state index in [0.717, 1.165) is 0 Å². The molecule has 0 aliphatic carbocycles. The molecule has 1 aromatic carbocycles. The number of hydrogen-bond acceptors (Lipinski definition) is 5. The van der Waals surface area contributed by atoms with Crippen LogP contribution in [0.5, 0.6) is 5.75 Å². The molecule has 1 aromatic rings. The second-order valence-corrected chi connectivity index (χ2v) is 3.43. The summed E-state index contributed by atoms with van der Waals surface area (Å²) in [6.45, 7) is 0. The van der Waals surface area contributed by atoms with Gasteiger partial charge >= 0.3 is 11.9 Å². The van der Waals surface area contributed by atoms with Gasteiger partial charge in [0, 0.05) is 7.05 Å². The third-order valence-corrected chi connectivity index (χ3v) is 2.49. The van der Waals surface area contributed by atoms with E-state index in [4.69, 9.17) is 4.74 Å². The van der Waals surface area contributed by atoms with Gasteiger partial charge in [0.1, 0.15) is 0 Å². The molecule has 2 rings (SSSR count). The smallest absolute Gasteiger partial charge is 0.346 e. The molecule has 1 atom stereocenters. The molecule has 0 N–H and O–H groups in total. The third kappa shape index (κ3) is 1.50. The number of ether oxygens (including phenoxy) is 2. The Morgan fingerprint density at radius 1 is 1.44 bits per heavy atom. The minimum Gasteiger partial charge on any atom is -0.467 e. The molecule has 0 amide bonds. The fourth-order valence-corrected chi connectivity index (χ4v) is 1.66. The number of hydrogen-bond donors (Lipinski definition) is 0. The number of nitrogens with zero attached hydrogens (tertiary/aromatic N) is 1. The molecular formula is C11H11NO4. The van der Waals surface area contributed by atoms with E-state index in [1.165, 1.54) is 7.11 Å². The first kappa shape index (κ1) is 10.5. The second kappa shape index (κ2) is 3.84. The molecule has 0 saturated carbocycles. The zero-order chi connectivity index (χ0) is 11.7. The Hall–Kier alpha value is -2.04. The maximum absolute atomic E-state index is 11.6. The van der Waals surface area contributed by atoms with Crippen molar-refractivity contribution in [2.75, 3.05) is 19.1 Å². The van der Waals surface area contributed by atoms with Gasteiger partial charge < -0.3 is 14.4 Å². The zero-order valence-corrected chi connectivity index (χ0v) is 8.97. The standard InChI is InChI=1S/C11H11NO4/c1-12-7-5-3-4-6-8(7)16-11(14)9(12)10(13)15-2/h3-6,9H,1-2H3. The van der Waals surface area contributed by atoms with Crippen LogP contribution in [0.25, 0.3) is 0 Å². The molecule has 1 aliphatic heterocycles. The molecule has 5 nitrogen and oxygen atoms in total. The number of rotatable bonds is 1. The number of para-hydroxylation sites is 2. The SMILES string of the molecule is COC(=O)C1C(=O)Oc2ccccc2N1C. The quantitative estimate of drug-likeness (QED) is 0.394. The number of benzene rings is 1. The largest absolute Gasteiger partial charge is 0.467 e. The van der Waals surface area contributed by atoms with Crippen molar-refractivity contribution in [1.29, 1.82) is 0 Å². The van der Waals surface area contributed by atoms with Crippen LogP contribution in [-0.2, 0) is 14.3 Å². The Kier molecular flexibility index (Phi) is 2.52. The summed E-state index contributed by atoms with van der Waals surface area (Å²) in [6.07, 6.45) is 0. The van der Waals surface area contributed by atoms with E-state index in [-0.39, 0.29) is 0 Å². The van der Waals surface area contributed by atoms with E-state index in [2.05, 4.69) is 4.74 Å². The van der Waals surface area contributed by atoms with Gasteiger partial charge in [-0.3, -0.25) is 0 Å². The van der Waals surface area contributed by atoms with E-state index in [1.54, 1.807) is 30.1 Å². The molecule has 0 aromatic heterocycles. The Bertz CT molecular complexity index is 443. The highest BCUT2D eigenvalue weighted by Gasteiger charge is 2.38. The summed E-state index contributed by atoms with van der Waals surface area (Å²) in [5.41, 5.74) is 0.692. The van der Waals surface area contributed by atoms with Gasteiger partial charge in [-0.2, -0.15) is 0 Å². The summed E-state index contributed by atoms with van der Waals surface area (Å²) < 4.78 is 9.62. The lowest BCUT2D eigenvalue weighted by Gasteiger charge is -2.31. The Morgan fingerprint density at radius 2 is 2.12 bits per heavy atom. The highest BCUT2D eigenvalue weighted by atomic mass is 16.6. The van der Waals surface area contributed by atoms with Gasteiger partial charge in [0.15, 0.2) is 5.75 Å². The molecule has 16 heavy (non-hydrogen) atoms. The van der Waals surface area contributed by atoms with Crippen LogP contribution >= 0.6 is 0 Å². The zero-order valence-electron chi connectivity index (χ0n) is 8.97. The minimum atomic E-state index is -1.03. The molecule has 0 saturated heterocycles. The van der Waals surface area contributed by atoms with Crippen molar-refractivity contribution in [3.63, 3.8) is 0 Å². The third-order valence-electron chi connectivity index (χ3n) is 2.49. The molecule has 0 radical (unpaired) electrons. The summed E-state index contributed by atoms with van der Waals surface area (Å²) >= 11 is 0. The number of methoxy groups -OCH3 is 1. The topological polar surface area (TPSA) is 55.8 Å². The van der Waals surface area contributed by atoms with Crippen LogP contribution in [0.3, 0.4) is 0 Å². The van der Waals surface area contributed by atoms with Crippen LogP contribution in [-0.4, -0.2) is 32.1 Å². The van der Waals surface area contributed by atoms with Crippen LogP contribution in [0.1, 0.15) is 0 Å². The van der Waals surface area contributed by atoms with Gasteiger partial charge in [0.05, 0.1) is 12.8 Å². The van der Waals surface area contributed by atoms with Crippen molar-refractivity contribution in [3.8, 4) is 5.75 Å². The lowest BCUT2D eigenvalue weighted by atomic mass is 10.1. The van der Waals surface area contributed by atoms with E-state index in [9.17, 15) is 9.59 Å². The molecule has 1 heterocycles. The van der Waals surface area contributed by atoms with Gasteiger partial charge in [-0.15, -0.1) is 0 Å². The molecular weight excluding hydrogens is 210 g/mol. The first-order valence-corrected chi connectivity index (χ1v) is 4.76. The highest BCUT2D eigenvalue weighted by molar-refractivity contribution is 6.05. The Balaban J connectivity index is 2.41. The first-order chi connectivity index (χ1) is 7.65. The van der Waals surface area contributed by atoms with Gasteiger partial charge in [-0.1, -0.05) is 12.1 Å². The number of esters is 2. The number of carbonyl (C=O) groups excluding carboxylic acids is 2. The molecule has 5 heteroatoms. The van der Waals surface area contributed by atoms with E-state index >= 15 is 0 Å². The summed E-state index contributed by atoms with van der Waals surface area (Å²) in [7, 11) is 2.89. The van der Waals surface area contributed by atoms with Crippen molar-refractivity contribution < 1.29 is 19.1 Å². The number of anilines is 1. The van der Waals surface area contributed by atoms with E-state index in [1.807, 2.05) is 6.07 Å². The normalized spacial score (nSPS) is 18.8. The van der Waals surface area contributed by atoms with Crippen molar-refractivity contribution >= 4 is 17.6 Å². The Morgan fingerprint density at radius 3 is 2.81 bits per heavy atom. The molecule has 1 unspecified atom stereocenters. The summed E-state index contributed by atoms with van der Waals surface area (Å²) in [4.78, 5) is 24.6. The number of carbonyl (C=O) groups is 2. The lowest BCUT2D eigenvalue weighted by Crippen LogP contribution is -2.50. The molecule has 0 spiro atoms. The molecule has 84 valence electrons. The minimum absolute atomic E-state index is 0.454. The predicted octanol–water partition coefficient (Wildman–Crippen LogP) is 0.583. The lowest BCUT2D eigenvalue weighted by molar-refractivity contribution is -0.151. The van der Waals surface area contributed by atoms with Gasteiger partial charge in [0.25, 0.3) is 0 Å². The van der Waals surface area contributed by atoms with Gasteiger partial charge in [-0.25, -0.2) is 9.59 Å². The molecule has 0 fully saturated rings. The highest BCUT2D eigenvalue weighted by Crippen LogP contribution is 2.32. The maximum atomic E-state index is 11.6. The maximum Gasteiger partial charge on any atom is 0.346 e. The van der Waals surface area contributed by atoms with Gasteiger partial charge in [-0.05, 0) is 12.1 Å². The summed E-state index contributed by atoms with van der Waals surface area (Å²) in [5.74, 6) is -0.787. The summed E-state index contributed by atoms with van der Waals surface area (Å²) in [5, 5.41) is 0. The van der Waals surface area contributed by atoms with E-state index in [0.29, 0.717) is 11.4 Å². The number of likely N-dealkylation sites (N-methyl/N-ethyl adjacent to an activating group) is 1.